The molecular formula is C26H34N4O3. The number of hydrogen-bond acceptors (Lipinski definition) is 6. The summed E-state index contributed by atoms with van der Waals surface area (Å²) in [6.45, 7) is 10.6. The fraction of sp³-hybridized carbons (Fsp3) is 0.500. The van der Waals surface area contributed by atoms with Gasteiger partial charge in [-0.15, -0.1) is 0 Å². The number of carbonyl (C=O) groups excluding carboxylic acids is 1. The Kier molecular flexibility index (Phi) is 6.80. The van der Waals surface area contributed by atoms with Crippen LogP contribution < -0.4 is 14.8 Å². The summed E-state index contributed by atoms with van der Waals surface area (Å²) in [6, 6.07) is 15.2. The van der Waals surface area contributed by atoms with E-state index in [1.165, 1.54) is 24.0 Å². The van der Waals surface area contributed by atoms with Crippen molar-refractivity contribution in [2.75, 3.05) is 51.4 Å². The lowest BCUT2D eigenvalue weighted by molar-refractivity contribution is -0.114. The number of piperidine rings is 1. The lowest BCUT2D eigenvalue weighted by Gasteiger charge is -2.43. The van der Waals surface area contributed by atoms with Crippen LogP contribution in [0.15, 0.2) is 42.5 Å². The molecule has 2 aromatic rings. The number of anilines is 1. The van der Waals surface area contributed by atoms with Gasteiger partial charge in [-0.3, -0.25) is 19.5 Å². The Bertz CT molecular complexity index is 957. The van der Waals surface area contributed by atoms with Gasteiger partial charge in [0.1, 0.15) is 0 Å². The van der Waals surface area contributed by atoms with Gasteiger partial charge in [0.05, 0.1) is 0 Å². The predicted octanol–water partition coefficient (Wildman–Crippen LogP) is 3.16. The molecule has 33 heavy (non-hydrogen) atoms. The number of amides is 1. The summed E-state index contributed by atoms with van der Waals surface area (Å²) in [4.78, 5) is 19.0. The molecule has 1 amide bonds. The summed E-state index contributed by atoms with van der Waals surface area (Å²) in [5.74, 6) is 1.70. The molecule has 3 heterocycles. The fourth-order valence-corrected chi connectivity index (χ4v) is 5.21. The number of hydrogen-bond donors (Lipinski definition) is 1. The largest absolute Gasteiger partial charge is 0.454 e. The quantitative estimate of drug-likeness (QED) is 0.730. The lowest BCUT2D eigenvalue weighted by Crippen LogP contribution is -2.54. The number of fused-ring (bicyclic) bond motifs is 1. The molecule has 0 bridgehead atoms. The molecule has 2 saturated heterocycles. The van der Waals surface area contributed by atoms with Gasteiger partial charge in [-0.1, -0.05) is 18.2 Å². The minimum atomic E-state index is -0.0300. The van der Waals surface area contributed by atoms with E-state index in [9.17, 15) is 4.79 Å². The highest BCUT2D eigenvalue weighted by Crippen LogP contribution is 2.33. The SMILES string of the molecule is CC(=O)Nc1ccc(CN2CCC[C@@H](N3CCN(Cc4ccc5c(c4)OCO5)CC3)C2)cc1. The number of nitrogens with zero attached hydrogens (tertiary/aromatic N) is 3. The molecule has 5 rings (SSSR count). The first-order valence-corrected chi connectivity index (χ1v) is 12.1. The minimum absolute atomic E-state index is 0.0300. The van der Waals surface area contributed by atoms with Crippen molar-refractivity contribution in [1.29, 1.82) is 0 Å². The predicted molar refractivity (Wildman–Crippen MR) is 128 cm³/mol. The van der Waals surface area contributed by atoms with Gasteiger partial charge in [0.25, 0.3) is 0 Å². The van der Waals surface area contributed by atoms with Crippen molar-refractivity contribution < 1.29 is 14.3 Å². The van der Waals surface area contributed by atoms with Crippen molar-refractivity contribution in [2.24, 2.45) is 0 Å². The van der Waals surface area contributed by atoms with Crippen molar-refractivity contribution in [3.05, 3.63) is 53.6 Å². The summed E-state index contributed by atoms with van der Waals surface area (Å²) in [7, 11) is 0. The fourth-order valence-electron chi connectivity index (χ4n) is 5.21. The molecule has 0 saturated carbocycles. The third-order valence-corrected chi connectivity index (χ3v) is 6.93. The van der Waals surface area contributed by atoms with Gasteiger partial charge in [0.2, 0.25) is 12.7 Å². The molecule has 1 N–H and O–H groups in total. The third-order valence-electron chi connectivity index (χ3n) is 6.93. The van der Waals surface area contributed by atoms with E-state index in [1.54, 1.807) is 6.92 Å². The van der Waals surface area contributed by atoms with Crippen LogP contribution in [0, 0.1) is 0 Å². The number of piperazine rings is 1. The van der Waals surface area contributed by atoms with Gasteiger partial charge in [0.15, 0.2) is 11.5 Å². The molecule has 3 aliphatic heterocycles. The number of rotatable bonds is 6. The van der Waals surface area contributed by atoms with E-state index in [0.29, 0.717) is 12.8 Å². The molecule has 0 radical (unpaired) electrons. The summed E-state index contributed by atoms with van der Waals surface area (Å²) >= 11 is 0. The van der Waals surface area contributed by atoms with Crippen LogP contribution in [-0.4, -0.2) is 72.7 Å². The molecule has 0 aliphatic carbocycles. The second-order valence-corrected chi connectivity index (χ2v) is 9.41. The van der Waals surface area contributed by atoms with E-state index >= 15 is 0 Å². The second-order valence-electron chi connectivity index (χ2n) is 9.41. The van der Waals surface area contributed by atoms with Crippen LogP contribution in [0.3, 0.4) is 0 Å². The zero-order valence-electron chi connectivity index (χ0n) is 19.5. The second kappa shape index (κ2) is 10.1. The van der Waals surface area contributed by atoms with Crippen LogP contribution in [0.4, 0.5) is 5.69 Å². The van der Waals surface area contributed by atoms with Crippen molar-refractivity contribution >= 4 is 11.6 Å². The van der Waals surface area contributed by atoms with Crippen LogP contribution in [0.25, 0.3) is 0 Å². The summed E-state index contributed by atoms with van der Waals surface area (Å²) in [5.41, 5.74) is 3.46. The van der Waals surface area contributed by atoms with Crippen LogP contribution in [0.2, 0.25) is 0 Å². The molecule has 2 fully saturated rings. The average Bonchev–Trinajstić information content (AvgIpc) is 3.29. The molecule has 0 spiro atoms. The maximum atomic E-state index is 11.2. The Balaban J connectivity index is 1.09. The Morgan fingerprint density at radius 3 is 2.42 bits per heavy atom. The molecule has 3 aliphatic rings. The normalized spacial score (nSPS) is 21.8. The molecule has 0 aromatic heterocycles. The van der Waals surface area contributed by atoms with Gasteiger partial charge in [-0.05, 0) is 54.8 Å². The van der Waals surface area contributed by atoms with Crippen molar-refractivity contribution in [3.63, 3.8) is 0 Å². The summed E-state index contributed by atoms with van der Waals surface area (Å²) in [6.07, 6.45) is 2.55. The highest BCUT2D eigenvalue weighted by Gasteiger charge is 2.28. The van der Waals surface area contributed by atoms with Crippen molar-refractivity contribution in [3.8, 4) is 11.5 Å². The van der Waals surface area contributed by atoms with E-state index in [4.69, 9.17) is 9.47 Å². The maximum absolute atomic E-state index is 11.2. The number of likely N-dealkylation sites (tertiary alicyclic amines) is 1. The third kappa shape index (κ3) is 5.66. The first kappa shape index (κ1) is 22.2. The van der Waals surface area contributed by atoms with Crippen molar-refractivity contribution in [1.82, 2.24) is 14.7 Å². The van der Waals surface area contributed by atoms with Gasteiger partial charge >= 0.3 is 0 Å². The molecule has 0 unspecified atom stereocenters. The van der Waals surface area contributed by atoms with Gasteiger partial charge < -0.3 is 14.8 Å². The topological polar surface area (TPSA) is 57.3 Å². The van der Waals surface area contributed by atoms with E-state index in [-0.39, 0.29) is 5.91 Å². The number of carbonyl (C=O) groups is 1. The molecule has 7 nitrogen and oxygen atoms in total. The van der Waals surface area contributed by atoms with E-state index in [2.05, 4.69) is 44.3 Å². The van der Waals surface area contributed by atoms with Crippen LogP contribution in [-0.2, 0) is 17.9 Å². The highest BCUT2D eigenvalue weighted by molar-refractivity contribution is 5.88. The highest BCUT2D eigenvalue weighted by atomic mass is 16.7. The van der Waals surface area contributed by atoms with E-state index in [1.807, 2.05) is 18.2 Å². The van der Waals surface area contributed by atoms with Crippen LogP contribution in [0.5, 0.6) is 11.5 Å². The molecule has 176 valence electrons. The first-order chi connectivity index (χ1) is 16.1. The molecule has 7 heteroatoms. The van der Waals surface area contributed by atoms with Crippen LogP contribution >= 0.6 is 0 Å². The Labute approximate surface area is 196 Å². The Hall–Kier alpha value is -2.61. The monoisotopic (exact) mass is 450 g/mol. The Morgan fingerprint density at radius 2 is 1.64 bits per heavy atom. The first-order valence-electron chi connectivity index (χ1n) is 12.1. The molecule has 2 aromatic carbocycles. The maximum Gasteiger partial charge on any atom is 0.231 e. The van der Waals surface area contributed by atoms with Crippen LogP contribution in [0.1, 0.15) is 30.9 Å². The van der Waals surface area contributed by atoms with Crippen molar-refractivity contribution in [2.45, 2.75) is 38.9 Å². The summed E-state index contributed by atoms with van der Waals surface area (Å²) in [5, 5.41) is 2.84. The zero-order valence-corrected chi connectivity index (χ0v) is 19.5. The summed E-state index contributed by atoms with van der Waals surface area (Å²) < 4.78 is 11.0. The molecule has 1 atom stereocenters. The number of nitrogens with one attached hydrogen (secondary N) is 1. The smallest absolute Gasteiger partial charge is 0.231 e. The van der Waals surface area contributed by atoms with Gasteiger partial charge in [0, 0.05) is 64.5 Å². The number of benzene rings is 2. The lowest BCUT2D eigenvalue weighted by atomic mass is 10.0. The minimum Gasteiger partial charge on any atom is -0.454 e. The van der Waals surface area contributed by atoms with Gasteiger partial charge in [-0.25, -0.2) is 0 Å². The standard InChI is InChI=1S/C26H34N4O3/c1-20(31)27-23-7-4-21(5-8-23)16-29-10-2-3-24(18-29)30-13-11-28(12-14-30)17-22-6-9-25-26(15-22)33-19-32-25/h4-9,15,24H,2-3,10-14,16-19H2,1H3,(H,27,31)/t24-/m1/s1. The Morgan fingerprint density at radius 1 is 0.909 bits per heavy atom. The average molecular weight is 451 g/mol. The zero-order chi connectivity index (χ0) is 22.6. The number of ether oxygens (including phenoxy) is 2. The molecular weight excluding hydrogens is 416 g/mol. The van der Waals surface area contributed by atoms with E-state index < -0.39 is 0 Å². The van der Waals surface area contributed by atoms with Gasteiger partial charge in [-0.2, -0.15) is 0 Å². The van der Waals surface area contributed by atoms with E-state index in [0.717, 1.165) is 69.5 Å².